The van der Waals surface area contributed by atoms with Crippen molar-refractivity contribution in [2.45, 2.75) is 51.1 Å². The molecule has 1 aliphatic heterocycles. The second kappa shape index (κ2) is 7.61. The first-order valence-electron chi connectivity index (χ1n) is 8.76. The number of piperidine rings is 1. The zero-order valence-electron chi connectivity index (χ0n) is 13.6. The molecule has 2 aliphatic rings. The van der Waals surface area contributed by atoms with E-state index in [4.69, 9.17) is 5.26 Å². The summed E-state index contributed by atoms with van der Waals surface area (Å²) in [5, 5.41) is 12.1. The summed E-state index contributed by atoms with van der Waals surface area (Å²) in [6.45, 7) is 2.86. The molecule has 4 heteroatoms. The van der Waals surface area contributed by atoms with Crippen LogP contribution in [0.1, 0.15) is 49.7 Å². The molecule has 0 spiro atoms. The minimum Gasteiger partial charge on any atom is -0.353 e. The van der Waals surface area contributed by atoms with Crippen LogP contribution >= 0.6 is 0 Å². The molecule has 1 saturated carbocycles. The molecule has 0 bridgehead atoms. The minimum atomic E-state index is 0.188. The molecule has 1 aromatic rings. The van der Waals surface area contributed by atoms with E-state index in [-0.39, 0.29) is 11.8 Å². The average Bonchev–Trinajstić information content (AvgIpc) is 3.09. The number of amides is 1. The van der Waals surface area contributed by atoms with Gasteiger partial charge < -0.3 is 5.32 Å². The molecular formula is C19H25N3O. The largest absolute Gasteiger partial charge is 0.353 e. The van der Waals surface area contributed by atoms with Gasteiger partial charge in [-0.2, -0.15) is 5.26 Å². The number of nitrogens with zero attached hydrogens (tertiary/aromatic N) is 2. The Hall–Kier alpha value is -1.86. The first-order valence-corrected chi connectivity index (χ1v) is 8.76. The van der Waals surface area contributed by atoms with Crippen molar-refractivity contribution in [3.8, 4) is 6.07 Å². The van der Waals surface area contributed by atoms with Crippen molar-refractivity contribution in [1.29, 1.82) is 5.26 Å². The first kappa shape index (κ1) is 16.0. The van der Waals surface area contributed by atoms with Crippen LogP contribution in [0.2, 0.25) is 0 Å². The molecule has 1 N–H and O–H groups in total. The maximum Gasteiger partial charge on any atom is 0.223 e. The van der Waals surface area contributed by atoms with Crippen molar-refractivity contribution >= 4 is 5.91 Å². The summed E-state index contributed by atoms with van der Waals surface area (Å²) in [6, 6.07) is 10.4. The quantitative estimate of drug-likeness (QED) is 0.930. The summed E-state index contributed by atoms with van der Waals surface area (Å²) in [5.74, 6) is 0.461. The third kappa shape index (κ3) is 4.33. The maximum atomic E-state index is 12.3. The van der Waals surface area contributed by atoms with Gasteiger partial charge in [-0.1, -0.05) is 25.0 Å². The number of nitriles is 1. The molecule has 0 unspecified atom stereocenters. The van der Waals surface area contributed by atoms with E-state index >= 15 is 0 Å². The third-order valence-corrected chi connectivity index (χ3v) is 5.15. The number of nitrogens with one attached hydrogen (secondary N) is 1. The van der Waals surface area contributed by atoms with E-state index in [0.29, 0.717) is 11.6 Å². The number of hydrogen-bond acceptors (Lipinski definition) is 3. The summed E-state index contributed by atoms with van der Waals surface area (Å²) in [5.41, 5.74) is 1.94. The van der Waals surface area contributed by atoms with Gasteiger partial charge in [-0.3, -0.25) is 9.69 Å². The zero-order chi connectivity index (χ0) is 16.1. The van der Waals surface area contributed by atoms with Gasteiger partial charge in [-0.15, -0.1) is 0 Å². The van der Waals surface area contributed by atoms with E-state index in [0.717, 1.165) is 45.3 Å². The van der Waals surface area contributed by atoms with Crippen molar-refractivity contribution in [2.75, 3.05) is 13.1 Å². The first-order chi connectivity index (χ1) is 11.2. The highest BCUT2D eigenvalue weighted by Crippen LogP contribution is 2.22. The van der Waals surface area contributed by atoms with Crippen LogP contribution in [0.3, 0.4) is 0 Å². The molecule has 3 rings (SSSR count). The Kier molecular flexibility index (Phi) is 5.30. The van der Waals surface area contributed by atoms with Crippen LogP contribution in [-0.4, -0.2) is 29.9 Å². The van der Waals surface area contributed by atoms with E-state index < -0.39 is 0 Å². The van der Waals surface area contributed by atoms with Gasteiger partial charge in [0.05, 0.1) is 11.6 Å². The highest BCUT2D eigenvalue weighted by atomic mass is 16.1. The van der Waals surface area contributed by atoms with E-state index in [9.17, 15) is 4.79 Å². The summed E-state index contributed by atoms with van der Waals surface area (Å²) in [7, 11) is 0. The molecule has 23 heavy (non-hydrogen) atoms. The highest BCUT2D eigenvalue weighted by molar-refractivity contribution is 5.79. The SMILES string of the molecule is N#Cc1ccc(CN2CCC(C(=O)NC3CCCC3)CC2)cc1. The second-order valence-electron chi connectivity index (χ2n) is 6.85. The number of hydrogen-bond donors (Lipinski definition) is 1. The molecule has 1 heterocycles. The van der Waals surface area contributed by atoms with Crippen LogP contribution < -0.4 is 5.32 Å². The van der Waals surface area contributed by atoms with Gasteiger partial charge in [0.25, 0.3) is 0 Å². The number of benzene rings is 1. The van der Waals surface area contributed by atoms with Crippen LogP contribution in [-0.2, 0) is 11.3 Å². The van der Waals surface area contributed by atoms with Crippen LogP contribution in [0.25, 0.3) is 0 Å². The van der Waals surface area contributed by atoms with Crippen molar-refractivity contribution in [3.63, 3.8) is 0 Å². The number of carbonyl (C=O) groups is 1. The molecular weight excluding hydrogens is 286 g/mol. The fraction of sp³-hybridized carbons (Fsp3) is 0.579. The molecule has 1 saturated heterocycles. The predicted molar refractivity (Wildman–Crippen MR) is 89.6 cm³/mol. The summed E-state index contributed by atoms with van der Waals surface area (Å²) >= 11 is 0. The summed E-state index contributed by atoms with van der Waals surface area (Å²) < 4.78 is 0. The normalized spacial score (nSPS) is 20.3. The van der Waals surface area contributed by atoms with Gasteiger partial charge in [-0.05, 0) is 56.5 Å². The molecule has 4 nitrogen and oxygen atoms in total. The van der Waals surface area contributed by atoms with Gasteiger partial charge in [0.2, 0.25) is 5.91 Å². The topological polar surface area (TPSA) is 56.1 Å². The molecule has 122 valence electrons. The van der Waals surface area contributed by atoms with Gasteiger partial charge in [0.15, 0.2) is 0 Å². The molecule has 0 radical (unpaired) electrons. The molecule has 0 aromatic heterocycles. The molecule has 2 fully saturated rings. The Morgan fingerprint density at radius 1 is 1.13 bits per heavy atom. The van der Waals surface area contributed by atoms with Crippen molar-refractivity contribution in [3.05, 3.63) is 35.4 Å². The van der Waals surface area contributed by atoms with Crippen molar-refractivity contribution < 1.29 is 4.79 Å². The van der Waals surface area contributed by atoms with Crippen LogP contribution in [0.4, 0.5) is 0 Å². The van der Waals surface area contributed by atoms with Crippen molar-refractivity contribution in [2.24, 2.45) is 5.92 Å². The lowest BCUT2D eigenvalue weighted by Gasteiger charge is -2.31. The molecule has 0 atom stereocenters. The van der Waals surface area contributed by atoms with Gasteiger partial charge in [-0.25, -0.2) is 0 Å². The number of likely N-dealkylation sites (tertiary alicyclic amines) is 1. The van der Waals surface area contributed by atoms with E-state index in [1.165, 1.54) is 18.4 Å². The summed E-state index contributed by atoms with van der Waals surface area (Å²) in [4.78, 5) is 14.7. The number of carbonyl (C=O) groups excluding carboxylic acids is 1. The maximum absolute atomic E-state index is 12.3. The molecule has 1 amide bonds. The minimum absolute atomic E-state index is 0.188. The average molecular weight is 311 g/mol. The van der Waals surface area contributed by atoms with E-state index in [2.05, 4.69) is 16.3 Å². The zero-order valence-corrected chi connectivity index (χ0v) is 13.6. The lowest BCUT2D eigenvalue weighted by atomic mass is 9.95. The van der Waals surface area contributed by atoms with Crippen LogP contribution in [0, 0.1) is 17.2 Å². The second-order valence-corrected chi connectivity index (χ2v) is 6.85. The molecule has 1 aromatic carbocycles. The van der Waals surface area contributed by atoms with Crippen LogP contribution in [0.15, 0.2) is 24.3 Å². The van der Waals surface area contributed by atoms with Crippen molar-refractivity contribution in [1.82, 2.24) is 10.2 Å². The van der Waals surface area contributed by atoms with Gasteiger partial charge in [0, 0.05) is 18.5 Å². The lowest BCUT2D eigenvalue weighted by Crippen LogP contribution is -2.42. The Balaban J connectivity index is 1.44. The smallest absolute Gasteiger partial charge is 0.223 e. The monoisotopic (exact) mass is 311 g/mol. The lowest BCUT2D eigenvalue weighted by molar-refractivity contribution is -0.127. The van der Waals surface area contributed by atoms with Crippen LogP contribution in [0.5, 0.6) is 0 Å². The standard InChI is InChI=1S/C19H25N3O/c20-13-15-5-7-16(8-6-15)14-22-11-9-17(10-12-22)19(23)21-18-3-1-2-4-18/h5-8,17-18H,1-4,9-12,14H2,(H,21,23). The van der Waals surface area contributed by atoms with Gasteiger partial charge in [0.1, 0.15) is 0 Å². The fourth-order valence-electron chi connectivity index (χ4n) is 3.69. The number of rotatable bonds is 4. The van der Waals surface area contributed by atoms with E-state index in [1.54, 1.807) is 0 Å². The van der Waals surface area contributed by atoms with Gasteiger partial charge >= 0.3 is 0 Å². The Morgan fingerprint density at radius 3 is 2.39 bits per heavy atom. The fourth-order valence-corrected chi connectivity index (χ4v) is 3.69. The Morgan fingerprint density at radius 2 is 1.78 bits per heavy atom. The Labute approximate surface area is 138 Å². The Bertz CT molecular complexity index is 561. The predicted octanol–water partition coefficient (Wildman–Crippen LogP) is 2.83. The summed E-state index contributed by atoms with van der Waals surface area (Å²) in [6.07, 6.45) is 6.73. The third-order valence-electron chi connectivity index (χ3n) is 5.15. The highest BCUT2D eigenvalue weighted by Gasteiger charge is 2.27. The molecule has 1 aliphatic carbocycles. The van der Waals surface area contributed by atoms with E-state index in [1.807, 2.05) is 24.3 Å².